The van der Waals surface area contributed by atoms with Crippen LogP contribution in [0.1, 0.15) is 0 Å². The predicted molar refractivity (Wildman–Crippen MR) is 203 cm³/mol. The molecule has 3 nitrogen and oxygen atoms in total. The van der Waals surface area contributed by atoms with Crippen LogP contribution in [0, 0.1) is 0 Å². The summed E-state index contributed by atoms with van der Waals surface area (Å²) in [6, 6.07) is 66.1. The molecule has 48 heavy (non-hydrogen) atoms. The molecule has 9 rings (SSSR count). The Morgan fingerprint density at radius 1 is 0.458 bits per heavy atom. The molecule has 0 aliphatic carbocycles. The standard InChI is InChI=1S/C43H31N2OPSi/c46-47(33-16-5-1-6-17-33)40-26-14-13-25-39(40)45-42-38(24-15-27-41(42)47)44-43(45)32-28-30-37(31-29-32)48(34-18-7-2-8-19-34,35-20-9-3-10-21-35)36-22-11-4-12-23-36/h1-31H. The van der Waals surface area contributed by atoms with Gasteiger partial charge >= 0.3 is 0 Å². The summed E-state index contributed by atoms with van der Waals surface area (Å²) in [5, 5.41) is 7.84. The van der Waals surface area contributed by atoms with Crippen LogP contribution in [0.2, 0.25) is 0 Å². The van der Waals surface area contributed by atoms with Crippen LogP contribution in [0.4, 0.5) is 0 Å². The van der Waals surface area contributed by atoms with Gasteiger partial charge in [-0.05, 0) is 45.0 Å². The minimum atomic E-state index is -3.13. The van der Waals surface area contributed by atoms with Crippen LogP contribution in [-0.2, 0) is 4.57 Å². The molecule has 5 heteroatoms. The molecule has 8 aromatic rings. The molecule has 0 N–H and O–H groups in total. The number of imidazole rings is 1. The molecule has 0 bridgehead atoms. The number of para-hydroxylation sites is 2. The summed E-state index contributed by atoms with van der Waals surface area (Å²) in [7, 11) is -5.78. The highest BCUT2D eigenvalue weighted by Gasteiger charge is 2.42. The van der Waals surface area contributed by atoms with Gasteiger partial charge in [0.1, 0.15) is 5.82 Å². The maximum atomic E-state index is 15.3. The number of hydrogen-bond acceptors (Lipinski definition) is 2. The summed E-state index contributed by atoms with van der Waals surface area (Å²) in [6.07, 6.45) is 0. The van der Waals surface area contributed by atoms with Gasteiger partial charge in [0.2, 0.25) is 0 Å². The molecule has 1 aliphatic rings. The highest BCUT2D eigenvalue weighted by molar-refractivity contribution is 7.86. The van der Waals surface area contributed by atoms with E-state index in [1.165, 1.54) is 20.7 Å². The van der Waals surface area contributed by atoms with E-state index in [0.29, 0.717) is 0 Å². The molecule has 1 atom stereocenters. The third-order valence-electron chi connectivity index (χ3n) is 9.77. The fourth-order valence-electron chi connectivity index (χ4n) is 7.69. The summed E-state index contributed by atoms with van der Waals surface area (Å²) in [6.45, 7) is 0. The second kappa shape index (κ2) is 11.3. The van der Waals surface area contributed by atoms with E-state index in [4.69, 9.17) is 4.98 Å². The first-order chi connectivity index (χ1) is 23.7. The maximum absolute atomic E-state index is 15.3. The Morgan fingerprint density at radius 2 is 0.938 bits per heavy atom. The van der Waals surface area contributed by atoms with E-state index in [2.05, 4.69) is 126 Å². The first-order valence-corrected chi connectivity index (χ1v) is 20.0. The number of nitrogens with zero attached hydrogens (tertiary/aromatic N) is 2. The Hall–Kier alpha value is -5.54. The fourth-order valence-corrected chi connectivity index (χ4v) is 15.4. The zero-order chi connectivity index (χ0) is 32.1. The van der Waals surface area contributed by atoms with Crippen molar-refractivity contribution < 1.29 is 4.57 Å². The Bertz CT molecular complexity index is 2360. The maximum Gasteiger partial charge on any atom is 0.179 e. The Kier molecular flexibility index (Phi) is 6.75. The van der Waals surface area contributed by atoms with Crippen molar-refractivity contribution in [2.45, 2.75) is 0 Å². The van der Waals surface area contributed by atoms with Crippen molar-refractivity contribution >= 4 is 62.9 Å². The van der Waals surface area contributed by atoms with Crippen molar-refractivity contribution in [3.05, 3.63) is 188 Å². The summed E-state index contributed by atoms with van der Waals surface area (Å²) in [5.74, 6) is 0.849. The number of hydrogen-bond donors (Lipinski definition) is 0. The van der Waals surface area contributed by atoms with Crippen LogP contribution < -0.4 is 36.7 Å². The molecular formula is C43H31N2OPSi. The van der Waals surface area contributed by atoms with Crippen LogP contribution in [0.5, 0.6) is 0 Å². The monoisotopic (exact) mass is 650 g/mol. The van der Waals surface area contributed by atoms with E-state index in [1.807, 2.05) is 66.7 Å². The third kappa shape index (κ3) is 4.13. The van der Waals surface area contributed by atoms with Crippen molar-refractivity contribution in [1.82, 2.24) is 9.55 Å². The molecule has 1 aliphatic heterocycles. The van der Waals surface area contributed by atoms with E-state index in [1.54, 1.807) is 0 Å². The lowest BCUT2D eigenvalue weighted by Gasteiger charge is -2.34. The number of aromatic nitrogens is 2. The molecule has 0 amide bonds. The molecule has 7 aromatic carbocycles. The van der Waals surface area contributed by atoms with Gasteiger partial charge < -0.3 is 4.57 Å². The predicted octanol–water partition coefficient (Wildman–Crippen LogP) is 6.02. The van der Waals surface area contributed by atoms with Crippen LogP contribution in [-0.4, -0.2) is 17.6 Å². The summed E-state index contributed by atoms with van der Waals surface area (Å²) < 4.78 is 17.6. The number of fused-ring (bicyclic) bond motifs is 2. The lowest BCUT2D eigenvalue weighted by molar-refractivity contribution is 0.592. The quantitative estimate of drug-likeness (QED) is 0.125. The average molecular weight is 651 g/mol. The molecule has 0 saturated heterocycles. The van der Waals surface area contributed by atoms with Crippen LogP contribution in [0.15, 0.2) is 188 Å². The molecule has 2 heterocycles. The first kappa shape index (κ1) is 28.7. The van der Waals surface area contributed by atoms with E-state index in [9.17, 15) is 0 Å². The molecule has 1 aromatic heterocycles. The molecule has 0 fully saturated rings. The molecule has 1 unspecified atom stereocenters. The second-order valence-corrected chi connectivity index (χ2v) is 18.8. The van der Waals surface area contributed by atoms with Gasteiger partial charge in [0.05, 0.1) is 16.7 Å². The van der Waals surface area contributed by atoms with E-state index in [-0.39, 0.29) is 0 Å². The topological polar surface area (TPSA) is 34.9 Å². The molecule has 0 saturated carbocycles. The minimum Gasteiger partial charge on any atom is -0.308 e. The minimum absolute atomic E-state index is 0.837. The fraction of sp³-hybridized carbons (Fsp3) is 0. The van der Waals surface area contributed by atoms with Crippen LogP contribution in [0.3, 0.4) is 0 Å². The van der Waals surface area contributed by atoms with Gasteiger partial charge in [0.25, 0.3) is 0 Å². The van der Waals surface area contributed by atoms with Gasteiger partial charge in [-0.25, -0.2) is 4.98 Å². The number of rotatable bonds is 6. The normalized spacial score (nSPS) is 15.2. The lowest BCUT2D eigenvalue weighted by atomic mass is 10.2. The lowest BCUT2D eigenvalue weighted by Crippen LogP contribution is -2.74. The molecule has 0 radical (unpaired) electrons. The van der Waals surface area contributed by atoms with Crippen molar-refractivity contribution in [2.75, 3.05) is 0 Å². The van der Waals surface area contributed by atoms with Crippen molar-refractivity contribution in [3.63, 3.8) is 0 Å². The zero-order valence-electron chi connectivity index (χ0n) is 26.1. The highest BCUT2D eigenvalue weighted by Crippen LogP contribution is 2.49. The second-order valence-electron chi connectivity index (χ2n) is 12.3. The summed E-state index contributed by atoms with van der Waals surface area (Å²) in [5.41, 5.74) is 3.71. The van der Waals surface area contributed by atoms with Crippen LogP contribution >= 0.6 is 7.14 Å². The van der Waals surface area contributed by atoms with Crippen molar-refractivity contribution in [2.24, 2.45) is 0 Å². The van der Waals surface area contributed by atoms with E-state index < -0.39 is 15.2 Å². The largest absolute Gasteiger partial charge is 0.308 e. The smallest absolute Gasteiger partial charge is 0.179 e. The van der Waals surface area contributed by atoms with Crippen molar-refractivity contribution in [1.29, 1.82) is 0 Å². The number of benzene rings is 7. The summed E-state index contributed by atoms with van der Waals surface area (Å²) in [4.78, 5) is 5.23. The van der Waals surface area contributed by atoms with E-state index >= 15 is 4.57 Å². The first-order valence-electron chi connectivity index (χ1n) is 16.3. The summed E-state index contributed by atoms with van der Waals surface area (Å²) >= 11 is 0. The third-order valence-corrected chi connectivity index (χ3v) is 17.7. The van der Waals surface area contributed by atoms with Gasteiger partial charge in [0, 0.05) is 21.5 Å². The van der Waals surface area contributed by atoms with Gasteiger partial charge in [-0.3, -0.25) is 4.57 Å². The van der Waals surface area contributed by atoms with E-state index in [0.717, 1.165) is 44.0 Å². The Labute approximate surface area is 281 Å². The van der Waals surface area contributed by atoms with Crippen molar-refractivity contribution in [3.8, 4) is 17.1 Å². The molecule has 228 valence electrons. The average Bonchev–Trinajstić information content (AvgIpc) is 3.57. The van der Waals surface area contributed by atoms with Gasteiger partial charge in [-0.15, -0.1) is 0 Å². The van der Waals surface area contributed by atoms with Gasteiger partial charge in [-0.1, -0.05) is 164 Å². The zero-order valence-corrected chi connectivity index (χ0v) is 28.0. The van der Waals surface area contributed by atoms with Gasteiger partial charge in [-0.2, -0.15) is 0 Å². The van der Waals surface area contributed by atoms with Gasteiger partial charge in [0.15, 0.2) is 15.2 Å². The highest BCUT2D eigenvalue weighted by atomic mass is 31.2. The Morgan fingerprint density at radius 3 is 1.52 bits per heavy atom. The molecular weight excluding hydrogens is 620 g/mol. The van der Waals surface area contributed by atoms with Crippen LogP contribution in [0.25, 0.3) is 28.1 Å². The Balaban J connectivity index is 1.28. The SMILES string of the molecule is O=P1(c2ccccc2)c2ccccc2-n2c(-c3ccc([Si](c4ccccc4)(c4ccccc4)c4ccccc4)cc3)nc3cccc1c32. The molecule has 0 spiro atoms.